The molecule has 0 aromatic heterocycles. The van der Waals surface area contributed by atoms with Crippen molar-refractivity contribution in [2.45, 2.75) is 16.2 Å². The van der Waals surface area contributed by atoms with E-state index in [1.807, 2.05) is 24.3 Å². The number of halogens is 1. The van der Waals surface area contributed by atoms with Crippen LogP contribution in [0.15, 0.2) is 52.3 Å². The van der Waals surface area contributed by atoms with Gasteiger partial charge < -0.3 is 10.2 Å². The van der Waals surface area contributed by atoms with Gasteiger partial charge in [-0.3, -0.25) is 4.79 Å². The Hall–Kier alpha value is -1.21. The number of hydrogen-bond acceptors (Lipinski definition) is 3. The van der Waals surface area contributed by atoms with Gasteiger partial charge in [-0.2, -0.15) is 0 Å². The monoisotopic (exact) mass is 386 g/mol. The minimum absolute atomic E-state index is 0.0275. The maximum Gasteiger partial charge on any atom is 0.307 e. The predicted octanol–water partition coefficient (Wildman–Crippen LogP) is 3.78. The zero-order chi connectivity index (χ0) is 13.8. The normalized spacial score (nSPS) is 10.4. The molecule has 0 radical (unpaired) electrons. The highest BCUT2D eigenvalue weighted by molar-refractivity contribution is 14.1. The third-order valence-electron chi connectivity index (χ3n) is 2.43. The standard InChI is InChI=1S/C14H11IO3S/c15-10-3-6-13(12(16)8-10)19-11-4-1-9(2-5-11)7-14(17)18/h1-6,8,16H,7H2,(H,17,18). The lowest BCUT2D eigenvalue weighted by Crippen LogP contribution is -1.99. The number of rotatable bonds is 4. The van der Waals surface area contributed by atoms with Crippen LogP contribution < -0.4 is 0 Å². The summed E-state index contributed by atoms with van der Waals surface area (Å²) in [7, 11) is 0. The van der Waals surface area contributed by atoms with Gasteiger partial charge in [0.1, 0.15) is 5.75 Å². The molecule has 0 unspecified atom stereocenters. The molecule has 0 heterocycles. The molecule has 0 aliphatic carbocycles. The number of phenols is 1. The second-order valence-electron chi connectivity index (χ2n) is 3.93. The van der Waals surface area contributed by atoms with Crippen molar-refractivity contribution in [3.63, 3.8) is 0 Å². The lowest BCUT2D eigenvalue weighted by molar-refractivity contribution is -0.136. The van der Waals surface area contributed by atoms with Gasteiger partial charge in [-0.05, 0) is 58.5 Å². The van der Waals surface area contributed by atoms with Gasteiger partial charge in [0.2, 0.25) is 0 Å². The van der Waals surface area contributed by atoms with Crippen LogP contribution in [0.25, 0.3) is 0 Å². The first-order chi connectivity index (χ1) is 9.04. The molecule has 19 heavy (non-hydrogen) atoms. The van der Waals surface area contributed by atoms with Crippen LogP contribution in [-0.4, -0.2) is 16.2 Å². The fourth-order valence-electron chi connectivity index (χ4n) is 1.55. The van der Waals surface area contributed by atoms with Crippen LogP contribution >= 0.6 is 34.4 Å². The fourth-order valence-corrected chi connectivity index (χ4v) is 2.85. The van der Waals surface area contributed by atoms with E-state index in [2.05, 4.69) is 22.6 Å². The Bertz CT molecular complexity index is 596. The number of hydrogen-bond donors (Lipinski definition) is 2. The molecule has 3 nitrogen and oxygen atoms in total. The van der Waals surface area contributed by atoms with Crippen molar-refractivity contribution < 1.29 is 15.0 Å². The molecule has 0 saturated carbocycles. The lowest BCUT2D eigenvalue weighted by atomic mass is 10.2. The van der Waals surface area contributed by atoms with Crippen LogP contribution in [0, 0.1) is 3.57 Å². The second-order valence-corrected chi connectivity index (χ2v) is 6.29. The summed E-state index contributed by atoms with van der Waals surface area (Å²) in [4.78, 5) is 12.3. The van der Waals surface area contributed by atoms with E-state index >= 15 is 0 Å². The quantitative estimate of drug-likeness (QED) is 0.786. The first kappa shape index (κ1) is 14.2. The Morgan fingerprint density at radius 3 is 2.42 bits per heavy atom. The van der Waals surface area contributed by atoms with Crippen molar-refractivity contribution in [3.8, 4) is 5.75 Å². The molecule has 0 fully saturated rings. The highest BCUT2D eigenvalue weighted by Gasteiger charge is 2.05. The van der Waals surface area contributed by atoms with E-state index in [4.69, 9.17) is 5.11 Å². The van der Waals surface area contributed by atoms with E-state index in [0.717, 1.165) is 18.9 Å². The number of benzene rings is 2. The van der Waals surface area contributed by atoms with E-state index in [0.29, 0.717) is 0 Å². The third kappa shape index (κ3) is 4.14. The molecule has 2 aromatic rings. The largest absolute Gasteiger partial charge is 0.507 e. The summed E-state index contributed by atoms with van der Waals surface area (Å²) in [6, 6.07) is 12.8. The maximum atomic E-state index is 10.6. The zero-order valence-corrected chi connectivity index (χ0v) is 12.8. The minimum Gasteiger partial charge on any atom is -0.507 e. The maximum absolute atomic E-state index is 10.6. The average molecular weight is 386 g/mol. The molecule has 0 bridgehead atoms. The summed E-state index contributed by atoms with van der Waals surface area (Å²) in [6.07, 6.45) is 0.0275. The second kappa shape index (κ2) is 6.29. The molecule has 2 aromatic carbocycles. The van der Waals surface area contributed by atoms with Crippen molar-refractivity contribution in [1.82, 2.24) is 0 Å². The third-order valence-corrected chi connectivity index (χ3v) is 4.17. The van der Waals surface area contributed by atoms with Gasteiger partial charge in [-0.25, -0.2) is 0 Å². The Morgan fingerprint density at radius 1 is 1.16 bits per heavy atom. The highest BCUT2D eigenvalue weighted by Crippen LogP contribution is 2.35. The summed E-state index contributed by atoms with van der Waals surface area (Å²) in [5.41, 5.74) is 0.767. The SMILES string of the molecule is O=C(O)Cc1ccc(Sc2ccc(I)cc2O)cc1. The molecule has 2 rings (SSSR count). The Labute approximate surface area is 128 Å². The molecule has 0 spiro atoms. The number of carbonyl (C=O) groups is 1. The summed E-state index contributed by atoms with van der Waals surface area (Å²) in [6.45, 7) is 0. The summed E-state index contributed by atoms with van der Waals surface area (Å²) in [5.74, 6) is -0.581. The van der Waals surface area contributed by atoms with Gasteiger partial charge >= 0.3 is 5.97 Å². The highest BCUT2D eigenvalue weighted by atomic mass is 127. The smallest absolute Gasteiger partial charge is 0.307 e. The van der Waals surface area contributed by atoms with Crippen molar-refractivity contribution in [3.05, 3.63) is 51.6 Å². The zero-order valence-electron chi connectivity index (χ0n) is 9.84. The van der Waals surface area contributed by atoms with Crippen molar-refractivity contribution in [1.29, 1.82) is 0 Å². The van der Waals surface area contributed by atoms with Gasteiger partial charge in [0.25, 0.3) is 0 Å². The average Bonchev–Trinajstić information content (AvgIpc) is 2.34. The molecule has 98 valence electrons. The molecule has 0 aliphatic heterocycles. The van der Waals surface area contributed by atoms with E-state index in [9.17, 15) is 9.90 Å². The Morgan fingerprint density at radius 2 is 1.84 bits per heavy atom. The molecule has 5 heteroatoms. The predicted molar refractivity (Wildman–Crippen MR) is 82.7 cm³/mol. The van der Waals surface area contributed by atoms with Crippen LogP contribution in [0.1, 0.15) is 5.56 Å². The summed E-state index contributed by atoms with van der Waals surface area (Å²) < 4.78 is 0.983. The van der Waals surface area contributed by atoms with Gasteiger partial charge in [0.05, 0.1) is 11.3 Å². The molecule has 0 saturated heterocycles. The lowest BCUT2D eigenvalue weighted by Gasteiger charge is -2.05. The van der Waals surface area contributed by atoms with Crippen LogP contribution in [0.2, 0.25) is 0 Å². The molecule has 2 N–H and O–H groups in total. The van der Waals surface area contributed by atoms with Crippen LogP contribution in [0.4, 0.5) is 0 Å². The number of carboxylic acids is 1. The van der Waals surface area contributed by atoms with Gasteiger partial charge in [-0.1, -0.05) is 23.9 Å². The van der Waals surface area contributed by atoms with E-state index in [1.54, 1.807) is 18.2 Å². The number of phenolic OH excluding ortho intramolecular Hbond substituents is 1. The van der Waals surface area contributed by atoms with Crippen molar-refractivity contribution in [2.24, 2.45) is 0 Å². The van der Waals surface area contributed by atoms with E-state index in [-0.39, 0.29) is 12.2 Å². The number of aliphatic carboxylic acids is 1. The number of aromatic hydroxyl groups is 1. The van der Waals surface area contributed by atoms with Crippen molar-refractivity contribution in [2.75, 3.05) is 0 Å². The van der Waals surface area contributed by atoms with Gasteiger partial charge in [0, 0.05) is 8.47 Å². The Balaban J connectivity index is 2.13. The molecular formula is C14H11IO3S. The molecule has 0 atom stereocenters. The van der Waals surface area contributed by atoms with Crippen LogP contribution in [-0.2, 0) is 11.2 Å². The topological polar surface area (TPSA) is 57.5 Å². The summed E-state index contributed by atoms with van der Waals surface area (Å²) in [5, 5.41) is 18.5. The first-order valence-corrected chi connectivity index (χ1v) is 7.41. The molecule has 0 amide bonds. The first-order valence-electron chi connectivity index (χ1n) is 5.52. The van der Waals surface area contributed by atoms with E-state index < -0.39 is 5.97 Å². The van der Waals surface area contributed by atoms with Crippen LogP contribution in [0.5, 0.6) is 5.75 Å². The van der Waals surface area contributed by atoms with Gasteiger partial charge in [-0.15, -0.1) is 0 Å². The molecule has 0 aliphatic rings. The fraction of sp³-hybridized carbons (Fsp3) is 0.0714. The number of carboxylic acid groups (broad SMARTS) is 1. The van der Waals surface area contributed by atoms with Gasteiger partial charge in [0.15, 0.2) is 0 Å². The van der Waals surface area contributed by atoms with E-state index in [1.165, 1.54) is 11.8 Å². The molecular weight excluding hydrogens is 375 g/mol. The summed E-state index contributed by atoms with van der Waals surface area (Å²) >= 11 is 3.59. The Kier molecular flexibility index (Phi) is 4.71. The van der Waals surface area contributed by atoms with Crippen molar-refractivity contribution >= 4 is 40.3 Å². The minimum atomic E-state index is -0.837. The van der Waals surface area contributed by atoms with Crippen LogP contribution in [0.3, 0.4) is 0 Å².